The Balaban J connectivity index is 0.000000594. The van der Waals surface area contributed by atoms with E-state index in [1.807, 2.05) is 4.90 Å². The highest BCUT2D eigenvalue weighted by Gasteiger charge is 2.49. The van der Waals surface area contributed by atoms with Gasteiger partial charge in [-0.2, -0.15) is 5.46 Å². The van der Waals surface area contributed by atoms with Crippen molar-refractivity contribution in [2.24, 2.45) is 0 Å². The van der Waals surface area contributed by atoms with Gasteiger partial charge in [0.25, 0.3) is 6.69 Å². The van der Waals surface area contributed by atoms with Crippen LogP contribution in [0.4, 0.5) is 65.9 Å². The van der Waals surface area contributed by atoms with Crippen molar-refractivity contribution in [3.63, 3.8) is 0 Å². The molecule has 0 heterocycles. The number of hydrogen-bond acceptors (Lipinski definition) is 0. The number of benzene rings is 4. The van der Waals surface area contributed by atoms with Crippen LogP contribution in [0, 0.1) is 87.3 Å². The van der Waals surface area contributed by atoms with E-state index in [1.54, 1.807) is 0 Å². The van der Waals surface area contributed by atoms with Crippen molar-refractivity contribution in [3.05, 3.63) is 112 Å². The first-order valence-electron chi connectivity index (χ1n) is 18.2. The molecule has 0 aromatic heterocycles. The smallest absolute Gasteiger partial charge is 0.280 e. The molecule has 0 saturated carbocycles. The minimum Gasteiger partial charge on any atom is -0.335 e. The number of nitrogens with one attached hydrogen (secondary N) is 1. The number of halogens is 17. The topological polar surface area (TPSA) is 4.44 Å². The maximum absolute atomic E-state index is 15.6. The second-order valence-corrected chi connectivity index (χ2v) is 20.7. The standard InChI is InChI=1S/C26H9BCl2F15Si.C12H27N/c1-2-45(28,29)8-5-3-7(4-6-8)27(9-12(30)18(36)24(42)19(37)13(9)31,10-14(32)20(38)25(43)21(39)15(10)33)11-16(34)22(40)26(44)23(41)17(11)35;1-4-7-10-13(11-8-5-2)12-9-6-3/h3-6H,2H2,1H3;4-12H2,1-3H3/q-1;/p+1. The first-order valence-corrected chi connectivity index (χ1v) is 22.4. The Bertz CT molecular complexity index is 1830. The van der Waals surface area contributed by atoms with E-state index in [9.17, 15) is 39.5 Å². The molecule has 4 aromatic rings. The molecule has 0 aliphatic rings. The van der Waals surface area contributed by atoms with Crippen molar-refractivity contribution < 1.29 is 70.8 Å². The van der Waals surface area contributed by atoms with Crippen LogP contribution in [0.25, 0.3) is 0 Å². The van der Waals surface area contributed by atoms with Crippen LogP contribution in [0.3, 0.4) is 0 Å². The second-order valence-electron chi connectivity index (χ2n) is 13.6. The van der Waals surface area contributed by atoms with Gasteiger partial charge in [0.15, 0.2) is 52.4 Å². The fourth-order valence-electron chi connectivity index (χ4n) is 6.81. The van der Waals surface area contributed by atoms with Crippen LogP contribution in [0.1, 0.15) is 66.2 Å². The largest absolute Gasteiger partial charge is 0.335 e. The van der Waals surface area contributed by atoms with Crippen molar-refractivity contribution in [1.29, 1.82) is 0 Å². The zero-order chi connectivity index (χ0) is 44.0. The van der Waals surface area contributed by atoms with Gasteiger partial charge in [-0.3, -0.25) is 0 Å². The van der Waals surface area contributed by atoms with Gasteiger partial charge in [-0.15, -0.1) is 38.5 Å². The third-order valence-corrected chi connectivity index (χ3v) is 14.9. The highest BCUT2D eigenvalue weighted by atomic mass is 35.7. The van der Waals surface area contributed by atoms with Gasteiger partial charge >= 0.3 is 0 Å². The normalized spacial score (nSPS) is 12.0. The van der Waals surface area contributed by atoms with E-state index >= 15 is 26.3 Å². The molecule has 1 N–H and O–H groups in total. The number of quaternary nitrogens is 1. The minimum atomic E-state index is -5.85. The molecule has 0 radical (unpaired) electrons. The van der Waals surface area contributed by atoms with Crippen LogP contribution >= 0.6 is 22.2 Å². The molecule has 0 bridgehead atoms. The van der Waals surface area contributed by atoms with Gasteiger partial charge in [-0.25, -0.2) is 65.9 Å². The SMILES string of the molecule is CCCC[NH+](CCCC)CCCC.CC[Si](Cl)(Cl)c1ccc([B-](c2c(F)c(F)c(F)c(F)c2F)(c2c(F)c(F)c(F)c(F)c2F)c2c(F)c(F)c(F)c(F)c2F)cc1. The van der Waals surface area contributed by atoms with Gasteiger partial charge in [0.1, 0.15) is 41.0 Å². The second kappa shape index (κ2) is 20.3. The Hall–Kier alpha value is -3.35. The maximum Gasteiger partial charge on any atom is 0.280 e. The van der Waals surface area contributed by atoms with Gasteiger partial charge in [0.05, 0.1) is 19.6 Å². The van der Waals surface area contributed by atoms with Crippen molar-refractivity contribution >= 4 is 62.0 Å². The Kier molecular flexibility index (Phi) is 17.1. The van der Waals surface area contributed by atoms with Crippen LogP contribution in [0.15, 0.2) is 24.3 Å². The molecular weight excluding hydrogens is 865 g/mol. The van der Waals surface area contributed by atoms with Gasteiger partial charge < -0.3 is 4.90 Å². The summed E-state index contributed by atoms with van der Waals surface area (Å²) in [4.78, 5) is 1.84. The predicted molar refractivity (Wildman–Crippen MR) is 197 cm³/mol. The lowest BCUT2D eigenvalue weighted by molar-refractivity contribution is -0.900. The molecule has 4 aromatic carbocycles. The lowest BCUT2D eigenvalue weighted by Crippen LogP contribution is -3.12. The molecule has 0 fully saturated rings. The number of hydrogen-bond donors (Lipinski definition) is 1. The summed E-state index contributed by atoms with van der Waals surface area (Å²) in [5.41, 5.74) is -9.63. The van der Waals surface area contributed by atoms with Crippen LogP contribution in [0.5, 0.6) is 0 Å². The highest BCUT2D eigenvalue weighted by Crippen LogP contribution is 2.28. The Morgan fingerprint density at radius 1 is 0.414 bits per heavy atom. The van der Waals surface area contributed by atoms with Gasteiger partial charge in [0.2, 0.25) is 0 Å². The van der Waals surface area contributed by atoms with E-state index < -0.39 is 122 Å². The summed E-state index contributed by atoms with van der Waals surface area (Å²) in [6, 6.07) is 2.19. The zero-order valence-corrected chi connectivity index (χ0v) is 33.9. The number of rotatable bonds is 15. The average molecular weight is 902 g/mol. The third-order valence-electron chi connectivity index (χ3n) is 9.96. The zero-order valence-electron chi connectivity index (χ0n) is 31.4. The quantitative estimate of drug-likeness (QED) is 0.0402. The summed E-state index contributed by atoms with van der Waals surface area (Å²) >= 11 is 12.4. The van der Waals surface area contributed by atoms with Gasteiger partial charge in [0, 0.05) is 0 Å². The highest BCUT2D eigenvalue weighted by molar-refractivity contribution is 7.51. The summed E-state index contributed by atoms with van der Waals surface area (Å²) in [7, 11) is 0. The van der Waals surface area contributed by atoms with Crippen molar-refractivity contribution in [3.8, 4) is 0 Å². The van der Waals surface area contributed by atoms with E-state index in [-0.39, 0.29) is 11.2 Å². The summed E-state index contributed by atoms with van der Waals surface area (Å²) in [6.45, 7) is 9.00. The molecule has 0 unspecified atom stereocenters. The Labute approximate surface area is 335 Å². The summed E-state index contributed by atoms with van der Waals surface area (Å²) < 4.78 is 224. The van der Waals surface area contributed by atoms with Gasteiger partial charge in [-0.05, 0) is 30.5 Å². The first-order chi connectivity index (χ1) is 27.1. The van der Waals surface area contributed by atoms with Crippen LogP contribution < -0.4 is 31.9 Å². The predicted octanol–water partition coefficient (Wildman–Crippen LogP) is 8.57. The van der Waals surface area contributed by atoms with E-state index in [4.69, 9.17) is 22.2 Å². The minimum absolute atomic E-state index is 0.00132. The van der Waals surface area contributed by atoms with E-state index in [2.05, 4.69) is 20.8 Å². The summed E-state index contributed by atoms with van der Waals surface area (Å²) in [5, 5.41) is -0.103. The van der Waals surface area contributed by atoms with E-state index in [0.717, 1.165) is 12.1 Å². The molecular formula is C38H37BCl2F15NSi. The number of unbranched alkanes of at least 4 members (excludes halogenated alkanes) is 3. The van der Waals surface area contributed by atoms with Crippen LogP contribution in [-0.2, 0) is 0 Å². The fraction of sp³-hybridized carbons (Fsp3) is 0.368. The van der Waals surface area contributed by atoms with Crippen LogP contribution in [-0.4, -0.2) is 32.5 Å². The lowest BCUT2D eigenvalue weighted by atomic mass is 9.12. The first kappa shape index (κ1) is 49.0. The molecule has 4 rings (SSSR count). The molecule has 0 aliphatic carbocycles. The van der Waals surface area contributed by atoms with E-state index in [1.165, 1.54) is 65.1 Å². The molecule has 20 heteroatoms. The maximum atomic E-state index is 15.6. The van der Waals surface area contributed by atoms with E-state index in [0.29, 0.717) is 12.1 Å². The lowest BCUT2D eigenvalue weighted by Gasteiger charge is -2.44. The summed E-state index contributed by atoms with van der Waals surface area (Å²) in [5.74, 6) is -46.0. The summed E-state index contributed by atoms with van der Waals surface area (Å²) in [6.07, 6.45) is 2.42. The Morgan fingerprint density at radius 3 is 0.879 bits per heavy atom. The Morgan fingerprint density at radius 2 is 0.655 bits per heavy atom. The monoisotopic (exact) mass is 901 g/mol. The molecule has 58 heavy (non-hydrogen) atoms. The fourth-order valence-corrected chi connectivity index (χ4v) is 8.63. The van der Waals surface area contributed by atoms with Crippen molar-refractivity contribution in [1.82, 2.24) is 0 Å². The molecule has 0 aliphatic heterocycles. The van der Waals surface area contributed by atoms with Crippen LogP contribution in [0.2, 0.25) is 6.04 Å². The molecule has 1 nitrogen and oxygen atoms in total. The molecule has 0 spiro atoms. The van der Waals surface area contributed by atoms with Crippen molar-refractivity contribution in [2.75, 3.05) is 19.6 Å². The molecule has 0 atom stereocenters. The molecule has 320 valence electrons. The molecule has 0 amide bonds. The van der Waals surface area contributed by atoms with Crippen molar-refractivity contribution in [2.45, 2.75) is 72.3 Å². The average Bonchev–Trinajstić information content (AvgIpc) is 3.21. The molecule has 0 saturated heterocycles. The van der Waals surface area contributed by atoms with Gasteiger partial charge in [-0.1, -0.05) is 71.2 Å². The third kappa shape index (κ3) is 9.19.